The third-order valence-electron chi connectivity index (χ3n) is 4.23. The van der Waals surface area contributed by atoms with Crippen LogP contribution in [0.4, 0.5) is 5.82 Å². The maximum Gasteiger partial charge on any atom is 0.124 e. The minimum absolute atomic E-state index is 0.435. The van der Waals surface area contributed by atoms with Crippen LogP contribution in [0.2, 0.25) is 0 Å². The smallest absolute Gasteiger partial charge is 0.124 e. The second-order valence-electron chi connectivity index (χ2n) is 6.29. The highest BCUT2D eigenvalue weighted by Gasteiger charge is 2.20. The van der Waals surface area contributed by atoms with E-state index >= 15 is 0 Å². The Morgan fingerprint density at radius 1 is 1.55 bits per heavy atom. The normalized spacial score (nSPS) is 19.0. The first-order valence-electron chi connectivity index (χ1n) is 7.81. The molecular formula is C16H25N5S. The molecule has 3 heterocycles. The first-order chi connectivity index (χ1) is 10.6. The summed E-state index contributed by atoms with van der Waals surface area (Å²) in [5, 5.41) is 16.0. The van der Waals surface area contributed by atoms with Crippen LogP contribution in [0.25, 0.3) is 0 Å². The molecule has 0 aromatic carbocycles. The number of aryl methyl sites for hydroxylation is 1. The molecule has 2 aromatic rings. The van der Waals surface area contributed by atoms with Crippen LogP contribution in [-0.2, 0) is 6.54 Å². The molecule has 0 saturated carbocycles. The predicted molar refractivity (Wildman–Crippen MR) is 92.6 cm³/mol. The van der Waals surface area contributed by atoms with Crippen LogP contribution in [0.1, 0.15) is 17.3 Å². The lowest BCUT2D eigenvalue weighted by Crippen LogP contribution is -2.38. The lowest BCUT2D eigenvalue weighted by molar-refractivity contribution is 0.280. The largest absolute Gasteiger partial charge is 0.370 e. The van der Waals surface area contributed by atoms with E-state index in [9.17, 15) is 0 Å². The quantitative estimate of drug-likeness (QED) is 0.857. The Morgan fingerprint density at radius 3 is 3.14 bits per heavy atom. The maximum absolute atomic E-state index is 4.53. The summed E-state index contributed by atoms with van der Waals surface area (Å²) in [5.74, 6) is 1.73. The molecular weight excluding hydrogens is 294 g/mol. The van der Waals surface area contributed by atoms with Crippen molar-refractivity contribution < 1.29 is 0 Å². The number of rotatable bonds is 6. The van der Waals surface area contributed by atoms with Crippen LogP contribution in [0.5, 0.6) is 0 Å². The highest BCUT2D eigenvalue weighted by Crippen LogP contribution is 2.21. The maximum atomic E-state index is 4.53. The number of fused-ring (bicyclic) bond motifs is 1. The summed E-state index contributed by atoms with van der Waals surface area (Å²) in [5.41, 5.74) is 2.48. The van der Waals surface area contributed by atoms with Gasteiger partial charge in [0, 0.05) is 44.2 Å². The Balaban J connectivity index is 1.51. The van der Waals surface area contributed by atoms with Gasteiger partial charge in [0.15, 0.2) is 0 Å². The van der Waals surface area contributed by atoms with Gasteiger partial charge >= 0.3 is 0 Å². The van der Waals surface area contributed by atoms with Crippen molar-refractivity contribution in [2.45, 2.75) is 19.5 Å². The molecule has 3 rings (SSSR count). The molecule has 22 heavy (non-hydrogen) atoms. The van der Waals surface area contributed by atoms with E-state index in [1.54, 1.807) is 11.3 Å². The molecule has 0 saturated heterocycles. The van der Waals surface area contributed by atoms with Crippen molar-refractivity contribution in [2.75, 3.05) is 39.0 Å². The summed E-state index contributed by atoms with van der Waals surface area (Å²) in [6.45, 7) is 6.05. The van der Waals surface area contributed by atoms with Crippen LogP contribution in [-0.4, -0.2) is 48.4 Å². The summed E-state index contributed by atoms with van der Waals surface area (Å²) >= 11 is 1.77. The third-order valence-corrected chi connectivity index (χ3v) is 4.93. The summed E-state index contributed by atoms with van der Waals surface area (Å²) in [4.78, 5) is 2.28. The fraction of sp³-hybridized carbons (Fsp3) is 0.562. The fourth-order valence-corrected chi connectivity index (χ4v) is 3.72. The first kappa shape index (κ1) is 15.5. The van der Waals surface area contributed by atoms with E-state index in [1.165, 1.54) is 5.56 Å². The van der Waals surface area contributed by atoms with E-state index in [0.717, 1.165) is 37.7 Å². The molecule has 0 spiro atoms. The van der Waals surface area contributed by atoms with Gasteiger partial charge < -0.3 is 15.5 Å². The van der Waals surface area contributed by atoms with Gasteiger partial charge in [0.05, 0.1) is 5.69 Å². The van der Waals surface area contributed by atoms with Gasteiger partial charge in [-0.15, -0.1) is 0 Å². The number of likely N-dealkylation sites (N-methyl/N-ethyl adjacent to an activating group) is 1. The topological polar surface area (TPSA) is 45.1 Å². The molecule has 0 fully saturated rings. The Bertz CT molecular complexity index is 590. The van der Waals surface area contributed by atoms with E-state index in [0.29, 0.717) is 12.0 Å². The van der Waals surface area contributed by atoms with Gasteiger partial charge in [0.25, 0.3) is 0 Å². The predicted octanol–water partition coefficient (Wildman–Crippen LogP) is 2.19. The van der Waals surface area contributed by atoms with Crippen molar-refractivity contribution in [3.8, 4) is 0 Å². The SMILES string of the molecule is Cc1cc2n(n1)C[C@@H](CNC[C@H](c1ccsc1)N(C)C)CN2. The molecule has 0 bridgehead atoms. The Kier molecular flexibility index (Phi) is 4.81. The molecule has 1 aliphatic rings. The summed E-state index contributed by atoms with van der Waals surface area (Å²) in [6.07, 6.45) is 0. The van der Waals surface area contributed by atoms with Gasteiger partial charge in [-0.2, -0.15) is 16.4 Å². The Morgan fingerprint density at radius 2 is 2.41 bits per heavy atom. The molecule has 120 valence electrons. The Hall–Kier alpha value is -1.37. The number of aromatic nitrogens is 2. The Labute approximate surface area is 136 Å². The first-order valence-corrected chi connectivity index (χ1v) is 8.75. The summed E-state index contributed by atoms with van der Waals surface area (Å²) in [7, 11) is 4.29. The zero-order chi connectivity index (χ0) is 15.5. The van der Waals surface area contributed by atoms with Gasteiger partial charge in [-0.05, 0) is 43.4 Å². The molecule has 0 unspecified atom stereocenters. The molecule has 0 radical (unpaired) electrons. The van der Waals surface area contributed by atoms with Crippen LogP contribution in [0, 0.1) is 12.8 Å². The van der Waals surface area contributed by atoms with Crippen LogP contribution >= 0.6 is 11.3 Å². The highest BCUT2D eigenvalue weighted by molar-refractivity contribution is 7.07. The van der Waals surface area contributed by atoms with Crippen LogP contribution < -0.4 is 10.6 Å². The standard InChI is InChI=1S/C16H25N5S/c1-12-6-16-18-8-13(10-21(16)19-12)7-17-9-15(20(2)3)14-4-5-22-11-14/h4-6,11,13,15,17-18H,7-10H2,1-3H3/t13-,15+/m0/s1. The van der Waals surface area contributed by atoms with Crippen molar-refractivity contribution in [3.63, 3.8) is 0 Å². The minimum atomic E-state index is 0.435. The van der Waals surface area contributed by atoms with Crippen molar-refractivity contribution in [1.29, 1.82) is 0 Å². The van der Waals surface area contributed by atoms with Crippen molar-refractivity contribution in [3.05, 3.63) is 34.2 Å². The number of thiophene rings is 1. The molecule has 6 heteroatoms. The number of nitrogens with one attached hydrogen (secondary N) is 2. The minimum Gasteiger partial charge on any atom is -0.370 e. The lowest BCUT2D eigenvalue weighted by Gasteiger charge is -2.28. The molecule has 2 atom stereocenters. The average molecular weight is 319 g/mol. The van der Waals surface area contributed by atoms with E-state index < -0.39 is 0 Å². The van der Waals surface area contributed by atoms with Crippen molar-refractivity contribution in [2.24, 2.45) is 5.92 Å². The molecule has 5 nitrogen and oxygen atoms in total. The number of hydrogen-bond donors (Lipinski definition) is 2. The number of anilines is 1. The van der Waals surface area contributed by atoms with Gasteiger partial charge in [0.2, 0.25) is 0 Å². The highest BCUT2D eigenvalue weighted by atomic mass is 32.1. The zero-order valence-corrected chi connectivity index (χ0v) is 14.4. The molecule has 2 aromatic heterocycles. The molecule has 0 amide bonds. The second-order valence-corrected chi connectivity index (χ2v) is 7.07. The van der Waals surface area contributed by atoms with Crippen molar-refractivity contribution >= 4 is 17.2 Å². The van der Waals surface area contributed by atoms with Crippen LogP contribution in [0.3, 0.4) is 0 Å². The van der Waals surface area contributed by atoms with E-state index in [-0.39, 0.29) is 0 Å². The van der Waals surface area contributed by atoms with Gasteiger partial charge in [-0.1, -0.05) is 0 Å². The van der Waals surface area contributed by atoms with E-state index in [4.69, 9.17) is 0 Å². The number of nitrogens with zero attached hydrogens (tertiary/aromatic N) is 3. The van der Waals surface area contributed by atoms with E-state index in [1.807, 2.05) is 6.92 Å². The fourth-order valence-electron chi connectivity index (χ4n) is 3.01. The molecule has 0 aliphatic carbocycles. The lowest BCUT2D eigenvalue weighted by atomic mass is 10.1. The summed E-state index contributed by atoms with van der Waals surface area (Å²) in [6, 6.07) is 4.77. The summed E-state index contributed by atoms with van der Waals surface area (Å²) < 4.78 is 2.09. The van der Waals surface area contributed by atoms with Gasteiger partial charge in [-0.3, -0.25) is 0 Å². The van der Waals surface area contributed by atoms with Gasteiger partial charge in [-0.25, -0.2) is 4.68 Å². The van der Waals surface area contributed by atoms with E-state index in [2.05, 4.69) is 62.3 Å². The molecule has 1 aliphatic heterocycles. The van der Waals surface area contributed by atoms with Gasteiger partial charge in [0.1, 0.15) is 5.82 Å². The van der Waals surface area contributed by atoms with Crippen LogP contribution in [0.15, 0.2) is 22.9 Å². The average Bonchev–Trinajstić information content (AvgIpc) is 3.10. The van der Waals surface area contributed by atoms with Crippen molar-refractivity contribution in [1.82, 2.24) is 20.0 Å². The monoisotopic (exact) mass is 319 g/mol. The third kappa shape index (κ3) is 3.51. The second kappa shape index (κ2) is 6.81. The number of hydrogen-bond acceptors (Lipinski definition) is 5. The zero-order valence-electron chi connectivity index (χ0n) is 13.5. The molecule has 2 N–H and O–H groups in total.